The normalized spacial score (nSPS) is 13.8. The minimum Gasteiger partial charge on any atom is -0.465 e. The molecule has 142 valence electrons. The second-order valence-corrected chi connectivity index (χ2v) is 6.34. The van der Waals surface area contributed by atoms with Gasteiger partial charge in [0.15, 0.2) is 5.11 Å². The Morgan fingerprint density at radius 2 is 2.04 bits per heavy atom. The number of carbonyl (C=O) groups excluding carboxylic acids is 2. The van der Waals surface area contributed by atoms with Gasteiger partial charge in [0.05, 0.1) is 37.3 Å². The number of nitrogens with one attached hydrogen (secondary N) is 2. The van der Waals surface area contributed by atoms with E-state index >= 15 is 0 Å². The van der Waals surface area contributed by atoms with Crippen LogP contribution in [-0.4, -0.2) is 50.4 Å². The van der Waals surface area contributed by atoms with E-state index in [4.69, 9.17) is 21.7 Å². The molecule has 0 bridgehead atoms. The highest BCUT2D eigenvalue weighted by Gasteiger charge is 2.18. The van der Waals surface area contributed by atoms with Gasteiger partial charge in [-0.15, -0.1) is 0 Å². The van der Waals surface area contributed by atoms with Gasteiger partial charge >= 0.3 is 5.97 Å². The van der Waals surface area contributed by atoms with E-state index in [9.17, 15) is 9.59 Å². The lowest BCUT2D eigenvalue weighted by Crippen LogP contribution is -2.38. The van der Waals surface area contributed by atoms with Crippen LogP contribution in [0.1, 0.15) is 36.5 Å². The first kappa shape index (κ1) is 20.1. The number of morpholine rings is 1. The van der Waals surface area contributed by atoms with Gasteiger partial charge in [0.25, 0.3) is 0 Å². The van der Waals surface area contributed by atoms with E-state index in [1.54, 1.807) is 12.1 Å². The van der Waals surface area contributed by atoms with E-state index < -0.39 is 5.97 Å². The maximum atomic E-state index is 11.9. The quantitative estimate of drug-likeness (QED) is 0.580. The highest BCUT2D eigenvalue weighted by Crippen LogP contribution is 2.28. The molecule has 26 heavy (non-hydrogen) atoms. The molecule has 1 amide bonds. The largest absolute Gasteiger partial charge is 0.465 e. The number of benzene rings is 1. The molecule has 1 aliphatic rings. The molecule has 1 heterocycles. The number of unbranched alkanes of at least 4 members (excludes halogenated alkanes) is 1. The number of carbonyl (C=O) groups is 2. The third-order valence-electron chi connectivity index (χ3n) is 4.03. The first-order valence-electron chi connectivity index (χ1n) is 8.71. The summed E-state index contributed by atoms with van der Waals surface area (Å²) in [5, 5.41) is 5.93. The van der Waals surface area contributed by atoms with Crippen LogP contribution in [0.5, 0.6) is 0 Å². The molecule has 0 aliphatic carbocycles. The van der Waals surface area contributed by atoms with Gasteiger partial charge in [0, 0.05) is 19.5 Å². The van der Waals surface area contributed by atoms with Crippen LogP contribution in [0.3, 0.4) is 0 Å². The standard InChI is InChI=1S/C18H25N3O4S/c1-3-4-5-16(22)20-18(26)19-14-12-13(17(23)24-2)6-7-15(14)21-8-10-25-11-9-21/h6-7,12H,3-5,8-11H2,1-2H3,(H2,19,20,22,26). The van der Waals surface area contributed by atoms with Crippen LogP contribution in [0.4, 0.5) is 11.4 Å². The Labute approximate surface area is 159 Å². The zero-order valence-electron chi connectivity index (χ0n) is 15.2. The number of thiocarbonyl (C=S) groups is 1. The van der Waals surface area contributed by atoms with Crippen molar-refractivity contribution >= 4 is 40.6 Å². The van der Waals surface area contributed by atoms with Crippen LogP contribution in [0, 0.1) is 0 Å². The number of hydrogen-bond donors (Lipinski definition) is 2. The summed E-state index contributed by atoms with van der Waals surface area (Å²) in [7, 11) is 1.34. The van der Waals surface area contributed by atoms with Gasteiger partial charge in [-0.1, -0.05) is 13.3 Å². The maximum absolute atomic E-state index is 11.9. The summed E-state index contributed by atoms with van der Waals surface area (Å²) in [5.41, 5.74) is 1.95. The number of esters is 1. The number of rotatable bonds is 6. The van der Waals surface area contributed by atoms with Gasteiger partial charge in [-0.05, 0) is 36.8 Å². The molecule has 1 aliphatic heterocycles. The third-order valence-corrected chi connectivity index (χ3v) is 4.23. The number of nitrogens with zero attached hydrogens (tertiary/aromatic N) is 1. The smallest absolute Gasteiger partial charge is 0.337 e. The Morgan fingerprint density at radius 1 is 1.31 bits per heavy atom. The SMILES string of the molecule is CCCCC(=O)NC(=S)Nc1cc(C(=O)OC)ccc1N1CCOCC1. The van der Waals surface area contributed by atoms with Crippen molar-refractivity contribution in [3.05, 3.63) is 23.8 Å². The zero-order valence-corrected chi connectivity index (χ0v) is 16.0. The molecule has 2 N–H and O–H groups in total. The summed E-state index contributed by atoms with van der Waals surface area (Å²) < 4.78 is 10.2. The fraction of sp³-hybridized carbons (Fsp3) is 0.500. The van der Waals surface area contributed by atoms with E-state index in [2.05, 4.69) is 15.5 Å². The van der Waals surface area contributed by atoms with Crippen LogP contribution in [0.15, 0.2) is 18.2 Å². The van der Waals surface area contributed by atoms with Crippen molar-refractivity contribution in [3.63, 3.8) is 0 Å². The van der Waals surface area contributed by atoms with E-state index in [0.717, 1.165) is 31.6 Å². The molecule has 0 atom stereocenters. The Morgan fingerprint density at radius 3 is 2.69 bits per heavy atom. The van der Waals surface area contributed by atoms with Crippen LogP contribution in [0.25, 0.3) is 0 Å². The van der Waals surface area contributed by atoms with E-state index in [1.807, 2.05) is 13.0 Å². The highest BCUT2D eigenvalue weighted by atomic mass is 32.1. The lowest BCUT2D eigenvalue weighted by Gasteiger charge is -2.31. The Kier molecular flexibility index (Phi) is 7.80. The summed E-state index contributed by atoms with van der Waals surface area (Å²) in [6, 6.07) is 5.24. The average molecular weight is 379 g/mol. The summed E-state index contributed by atoms with van der Waals surface area (Å²) >= 11 is 5.26. The molecule has 1 fully saturated rings. The minimum absolute atomic E-state index is 0.124. The molecule has 0 aromatic heterocycles. The van der Waals surface area contributed by atoms with E-state index in [-0.39, 0.29) is 11.0 Å². The van der Waals surface area contributed by atoms with Gasteiger partial charge in [0.2, 0.25) is 5.91 Å². The Bertz CT molecular complexity index is 660. The summed E-state index contributed by atoms with van der Waals surface area (Å²) in [6.45, 7) is 4.77. The van der Waals surface area contributed by atoms with Crippen LogP contribution >= 0.6 is 12.2 Å². The topological polar surface area (TPSA) is 79.9 Å². The van der Waals surface area contributed by atoms with E-state index in [1.165, 1.54) is 7.11 Å². The summed E-state index contributed by atoms with van der Waals surface area (Å²) in [5.74, 6) is -0.555. The number of amides is 1. The third kappa shape index (κ3) is 5.67. The van der Waals surface area contributed by atoms with Crippen molar-refractivity contribution < 1.29 is 19.1 Å². The zero-order chi connectivity index (χ0) is 18.9. The van der Waals surface area contributed by atoms with Crippen molar-refractivity contribution in [3.8, 4) is 0 Å². The second-order valence-electron chi connectivity index (χ2n) is 5.93. The van der Waals surface area contributed by atoms with Gasteiger partial charge < -0.3 is 25.0 Å². The lowest BCUT2D eigenvalue weighted by atomic mass is 10.1. The molecular formula is C18H25N3O4S. The number of methoxy groups -OCH3 is 1. The number of anilines is 2. The fourth-order valence-electron chi connectivity index (χ4n) is 2.64. The van der Waals surface area contributed by atoms with Crippen molar-refractivity contribution in [2.24, 2.45) is 0 Å². The molecule has 1 saturated heterocycles. The molecule has 1 aromatic rings. The van der Waals surface area contributed by atoms with Gasteiger partial charge in [-0.2, -0.15) is 0 Å². The highest BCUT2D eigenvalue weighted by molar-refractivity contribution is 7.80. The molecule has 0 spiro atoms. The maximum Gasteiger partial charge on any atom is 0.337 e. The molecule has 0 radical (unpaired) electrons. The van der Waals surface area contributed by atoms with Gasteiger partial charge in [-0.3, -0.25) is 4.79 Å². The molecule has 0 saturated carbocycles. The molecule has 2 rings (SSSR count). The number of ether oxygens (including phenoxy) is 2. The van der Waals surface area contributed by atoms with Crippen molar-refractivity contribution in [1.82, 2.24) is 5.32 Å². The van der Waals surface area contributed by atoms with Gasteiger partial charge in [0.1, 0.15) is 0 Å². The first-order valence-corrected chi connectivity index (χ1v) is 9.12. The van der Waals surface area contributed by atoms with Crippen molar-refractivity contribution in [2.45, 2.75) is 26.2 Å². The minimum atomic E-state index is -0.431. The van der Waals surface area contributed by atoms with Crippen LogP contribution < -0.4 is 15.5 Å². The van der Waals surface area contributed by atoms with Crippen molar-refractivity contribution in [2.75, 3.05) is 43.6 Å². The predicted octanol–water partition coefficient (Wildman–Crippen LogP) is 2.31. The summed E-state index contributed by atoms with van der Waals surface area (Å²) in [6.07, 6.45) is 2.18. The molecule has 0 unspecified atom stereocenters. The van der Waals surface area contributed by atoms with Crippen LogP contribution in [-0.2, 0) is 14.3 Å². The monoisotopic (exact) mass is 379 g/mol. The number of hydrogen-bond acceptors (Lipinski definition) is 6. The molecular weight excluding hydrogens is 354 g/mol. The fourth-order valence-corrected chi connectivity index (χ4v) is 2.86. The molecule has 8 heteroatoms. The Balaban J connectivity index is 2.17. The average Bonchev–Trinajstić information content (AvgIpc) is 2.66. The lowest BCUT2D eigenvalue weighted by molar-refractivity contribution is -0.119. The second kappa shape index (κ2) is 10.1. The summed E-state index contributed by atoms with van der Waals surface area (Å²) in [4.78, 5) is 25.9. The molecule has 7 nitrogen and oxygen atoms in total. The predicted molar refractivity (Wildman–Crippen MR) is 105 cm³/mol. The van der Waals surface area contributed by atoms with Gasteiger partial charge in [-0.25, -0.2) is 4.79 Å². The van der Waals surface area contributed by atoms with Crippen LogP contribution in [0.2, 0.25) is 0 Å². The Hall–Kier alpha value is -2.19. The molecule has 1 aromatic carbocycles. The van der Waals surface area contributed by atoms with Crippen molar-refractivity contribution in [1.29, 1.82) is 0 Å². The van der Waals surface area contributed by atoms with E-state index in [0.29, 0.717) is 30.9 Å². The first-order chi connectivity index (χ1) is 12.5.